The van der Waals surface area contributed by atoms with E-state index in [2.05, 4.69) is 15.9 Å². The molecule has 0 unspecified atom stereocenters. The van der Waals surface area contributed by atoms with Crippen LogP contribution in [0.3, 0.4) is 0 Å². The van der Waals surface area contributed by atoms with E-state index in [1.165, 1.54) is 0 Å². The molecule has 0 spiro atoms. The van der Waals surface area contributed by atoms with Crippen molar-refractivity contribution < 1.29 is 14.2 Å². The van der Waals surface area contributed by atoms with Crippen LogP contribution in [0.15, 0.2) is 40.9 Å². The maximum absolute atomic E-state index is 6.12. The summed E-state index contributed by atoms with van der Waals surface area (Å²) in [5, 5.41) is 0.656. The van der Waals surface area contributed by atoms with Crippen LogP contribution in [0.25, 0.3) is 0 Å². The third-order valence-electron chi connectivity index (χ3n) is 2.97. The van der Waals surface area contributed by atoms with Gasteiger partial charge in [0.1, 0.15) is 18.1 Å². The molecule has 0 bridgehead atoms. The van der Waals surface area contributed by atoms with Crippen LogP contribution in [-0.2, 0) is 18.0 Å². The van der Waals surface area contributed by atoms with E-state index >= 15 is 0 Å². The highest BCUT2D eigenvalue weighted by Crippen LogP contribution is 2.33. The lowest BCUT2D eigenvalue weighted by molar-refractivity contribution is -0.0175. The summed E-state index contributed by atoms with van der Waals surface area (Å²) in [7, 11) is 0. The number of rotatable bonds is 3. The summed E-state index contributed by atoms with van der Waals surface area (Å²) in [5.41, 5.74) is 1.88. The second-order valence-corrected chi connectivity index (χ2v) is 5.67. The minimum atomic E-state index is 0.261. The predicted molar refractivity (Wildman–Crippen MR) is 80.2 cm³/mol. The van der Waals surface area contributed by atoms with Gasteiger partial charge in [0.05, 0.1) is 11.1 Å². The third-order valence-corrected chi connectivity index (χ3v) is 3.84. The largest absolute Gasteiger partial charge is 0.488 e. The van der Waals surface area contributed by atoms with E-state index in [1.807, 2.05) is 36.4 Å². The Morgan fingerprint density at radius 1 is 1.25 bits per heavy atom. The van der Waals surface area contributed by atoms with Gasteiger partial charge in [-0.2, -0.15) is 0 Å². The molecular weight excluding hydrogens is 344 g/mol. The number of hydrogen-bond acceptors (Lipinski definition) is 3. The molecule has 0 N–H and O–H groups in total. The Balaban J connectivity index is 1.84. The first-order valence-corrected chi connectivity index (χ1v) is 7.30. The Bertz CT molecular complexity index is 631. The van der Waals surface area contributed by atoms with E-state index in [0.29, 0.717) is 18.2 Å². The van der Waals surface area contributed by atoms with Crippen LogP contribution in [0.1, 0.15) is 11.1 Å². The van der Waals surface area contributed by atoms with Crippen molar-refractivity contribution in [1.82, 2.24) is 0 Å². The van der Waals surface area contributed by atoms with Crippen LogP contribution >= 0.6 is 27.5 Å². The van der Waals surface area contributed by atoms with Crippen LogP contribution in [0, 0.1) is 0 Å². The minimum Gasteiger partial charge on any atom is -0.488 e. The molecule has 2 aromatic carbocycles. The highest BCUT2D eigenvalue weighted by atomic mass is 79.9. The topological polar surface area (TPSA) is 27.7 Å². The standard InChI is InChI=1S/C15H12BrClO3/c16-13-3-1-2-4-14(13)19-8-11-6-12(17)5-10-7-18-9-20-15(10)11/h1-6H,7-9H2. The van der Waals surface area contributed by atoms with E-state index in [-0.39, 0.29) is 6.79 Å². The molecule has 5 heteroatoms. The summed E-state index contributed by atoms with van der Waals surface area (Å²) in [6, 6.07) is 11.4. The van der Waals surface area contributed by atoms with Gasteiger partial charge in [-0.05, 0) is 40.2 Å². The molecule has 1 aliphatic heterocycles. The summed E-state index contributed by atoms with van der Waals surface area (Å²) in [5.74, 6) is 1.60. The summed E-state index contributed by atoms with van der Waals surface area (Å²) >= 11 is 9.58. The quantitative estimate of drug-likeness (QED) is 0.808. The Morgan fingerprint density at radius 3 is 2.95 bits per heavy atom. The van der Waals surface area contributed by atoms with E-state index in [1.54, 1.807) is 0 Å². The molecule has 0 aromatic heterocycles. The molecule has 2 aromatic rings. The van der Waals surface area contributed by atoms with Crippen molar-refractivity contribution in [1.29, 1.82) is 0 Å². The molecule has 0 radical (unpaired) electrons. The molecular formula is C15H12BrClO3. The minimum absolute atomic E-state index is 0.261. The van der Waals surface area contributed by atoms with Crippen LogP contribution in [0.2, 0.25) is 5.02 Å². The van der Waals surface area contributed by atoms with Crippen molar-refractivity contribution >= 4 is 27.5 Å². The van der Waals surface area contributed by atoms with E-state index in [9.17, 15) is 0 Å². The first kappa shape index (κ1) is 13.7. The fourth-order valence-electron chi connectivity index (χ4n) is 2.08. The van der Waals surface area contributed by atoms with E-state index < -0.39 is 0 Å². The lowest BCUT2D eigenvalue weighted by Gasteiger charge is -2.21. The van der Waals surface area contributed by atoms with Gasteiger partial charge in [-0.3, -0.25) is 0 Å². The zero-order valence-corrected chi connectivity index (χ0v) is 12.9. The van der Waals surface area contributed by atoms with Gasteiger partial charge >= 0.3 is 0 Å². The average Bonchev–Trinajstić information content (AvgIpc) is 2.46. The molecule has 0 saturated heterocycles. The maximum Gasteiger partial charge on any atom is 0.189 e. The lowest BCUT2D eigenvalue weighted by Crippen LogP contribution is -2.14. The molecule has 104 valence electrons. The van der Waals surface area contributed by atoms with Crippen LogP contribution in [0.5, 0.6) is 11.5 Å². The zero-order chi connectivity index (χ0) is 13.9. The summed E-state index contributed by atoms with van der Waals surface area (Å²) < 4.78 is 17.5. The Kier molecular flexibility index (Phi) is 4.15. The molecule has 0 atom stereocenters. The number of fused-ring (bicyclic) bond motifs is 1. The van der Waals surface area contributed by atoms with Crippen molar-refractivity contribution in [2.24, 2.45) is 0 Å². The SMILES string of the molecule is Clc1cc2c(c(COc3ccccc3Br)c1)OCOC2. The third kappa shape index (κ3) is 2.92. The van der Waals surface area contributed by atoms with Crippen molar-refractivity contribution in [3.8, 4) is 11.5 Å². The molecule has 1 heterocycles. The van der Waals surface area contributed by atoms with Gasteiger partial charge in [-0.15, -0.1) is 0 Å². The molecule has 3 rings (SSSR count). The predicted octanol–water partition coefficient (Wildman–Crippen LogP) is 4.55. The van der Waals surface area contributed by atoms with Gasteiger partial charge < -0.3 is 14.2 Å². The van der Waals surface area contributed by atoms with Crippen LogP contribution < -0.4 is 9.47 Å². The number of hydrogen-bond donors (Lipinski definition) is 0. The smallest absolute Gasteiger partial charge is 0.189 e. The van der Waals surface area contributed by atoms with Crippen molar-refractivity contribution in [2.45, 2.75) is 13.2 Å². The molecule has 1 aliphatic rings. The van der Waals surface area contributed by atoms with Crippen molar-refractivity contribution in [3.05, 3.63) is 57.0 Å². The van der Waals surface area contributed by atoms with Gasteiger partial charge in [-0.25, -0.2) is 0 Å². The number of para-hydroxylation sites is 1. The van der Waals surface area contributed by atoms with Crippen molar-refractivity contribution in [2.75, 3.05) is 6.79 Å². The number of benzene rings is 2. The Hall–Kier alpha value is -1.23. The second kappa shape index (κ2) is 6.04. The van der Waals surface area contributed by atoms with Gasteiger partial charge in [0.2, 0.25) is 0 Å². The molecule has 20 heavy (non-hydrogen) atoms. The normalized spacial score (nSPS) is 13.5. The molecule has 0 amide bonds. The highest BCUT2D eigenvalue weighted by molar-refractivity contribution is 9.10. The van der Waals surface area contributed by atoms with Crippen LogP contribution in [-0.4, -0.2) is 6.79 Å². The monoisotopic (exact) mass is 354 g/mol. The molecule has 0 saturated carbocycles. The van der Waals surface area contributed by atoms with Crippen molar-refractivity contribution in [3.63, 3.8) is 0 Å². The summed E-state index contributed by atoms with van der Waals surface area (Å²) in [6.07, 6.45) is 0. The first-order valence-electron chi connectivity index (χ1n) is 6.13. The van der Waals surface area contributed by atoms with Gasteiger partial charge in [0, 0.05) is 16.1 Å². The highest BCUT2D eigenvalue weighted by Gasteiger charge is 2.17. The van der Waals surface area contributed by atoms with Gasteiger partial charge in [0.25, 0.3) is 0 Å². The van der Waals surface area contributed by atoms with Crippen LogP contribution in [0.4, 0.5) is 0 Å². The second-order valence-electron chi connectivity index (χ2n) is 4.38. The summed E-state index contributed by atoms with van der Waals surface area (Å²) in [6.45, 7) is 1.17. The van der Waals surface area contributed by atoms with E-state index in [0.717, 1.165) is 27.1 Å². The Labute approximate surface area is 130 Å². The van der Waals surface area contributed by atoms with Gasteiger partial charge in [0.15, 0.2) is 6.79 Å². The zero-order valence-electron chi connectivity index (χ0n) is 10.6. The van der Waals surface area contributed by atoms with E-state index in [4.69, 9.17) is 25.8 Å². The molecule has 0 fully saturated rings. The Morgan fingerprint density at radius 2 is 2.10 bits per heavy atom. The lowest BCUT2D eigenvalue weighted by atomic mass is 10.1. The summed E-state index contributed by atoms with van der Waals surface area (Å²) in [4.78, 5) is 0. The van der Waals surface area contributed by atoms with Gasteiger partial charge in [-0.1, -0.05) is 23.7 Å². The fourth-order valence-corrected chi connectivity index (χ4v) is 2.74. The first-order chi connectivity index (χ1) is 9.74. The average molecular weight is 356 g/mol. The molecule has 0 aliphatic carbocycles. The number of ether oxygens (including phenoxy) is 3. The maximum atomic E-state index is 6.12. The fraction of sp³-hybridized carbons (Fsp3) is 0.200. The molecule has 3 nitrogen and oxygen atoms in total. The number of halogens is 2.